The molecule has 1 amide bonds. The molecule has 2 fully saturated rings. The molecule has 28 heavy (non-hydrogen) atoms. The largest absolute Gasteiger partial charge is 0.369 e. The molecule has 1 atom stereocenters. The maximum Gasteiger partial charge on any atom is 0.258 e. The number of amides is 1. The monoisotopic (exact) mass is 376 g/mol. The van der Waals surface area contributed by atoms with Crippen molar-refractivity contribution in [3.05, 3.63) is 47.4 Å². The van der Waals surface area contributed by atoms with Crippen LogP contribution < -0.4 is 5.32 Å². The van der Waals surface area contributed by atoms with Gasteiger partial charge in [0.15, 0.2) is 0 Å². The first-order valence-electron chi connectivity index (χ1n) is 9.74. The van der Waals surface area contributed by atoms with Crippen LogP contribution in [0.5, 0.6) is 0 Å². The maximum absolute atomic E-state index is 15.4. The number of carbonyl (C=O) groups excluding carboxylic acids is 1. The Morgan fingerprint density at radius 3 is 2.93 bits per heavy atom. The van der Waals surface area contributed by atoms with Crippen LogP contribution in [0.1, 0.15) is 48.5 Å². The summed E-state index contributed by atoms with van der Waals surface area (Å²) in [4.78, 5) is 19.0. The van der Waals surface area contributed by atoms with E-state index in [2.05, 4.69) is 16.4 Å². The van der Waals surface area contributed by atoms with E-state index in [1.165, 1.54) is 11.0 Å². The predicted molar refractivity (Wildman–Crippen MR) is 103 cm³/mol. The van der Waals surface area contributed by atoms with Crippen LogP contribution in [-0.4, -0.2) is 34.4 Å². The number of nitrogens with one attached hydrogen (secondary N) is 1. The highest BCUT2D eigenvalue weighted by molar-refractivity contribution is 5.97. The fourth-order valence-electron chi connectivity index (χ4n) is 4.57. The highest BCUT2D eigenvalue weighted by atomic mass is 19.1. The minimum Gasteiger partial charge on any atom is -0.369 e. The van der Waals surface area contributed by atoms with Crippen molar-refractivity contribution in [2.45, 2.75) is 43.6 Å². The van der Waals surface area contributed by atoms with E-state index < -0.39 is 17.3 Å². The zero-order valence-corrected chi connectivity index (χ0v) is 15.8. The van der Waals surface area contributed by atoms with Crippen molar-refractivity contribution in [2.75, 3.05) is 18.4 Å². The Bertz CT molecular complexity index is 1040. The minimum atomic E-state index is -0.876. The molecule has 2 aromatic rings. The Morgan fingerprint density at radius 1 is 1.36 bits per heavy atom. The molecule has 1 saturated carbocycles. The third kappa shape index (κ3) is 2.35. The van der Waals surface area contributed by atoms with E-state index in [1.54, 1.807) is 25.3 Å². The third-order valence-corrected chi connectivity index (χ3v) is 6.57. The highest BCUT2D eigenvalue weighted by Gasteiger charge is 2.49. The molecule has 5 nitrogen and oxygen atoms in total. The molecule has 2 aliphatic heterocycles. The van der Waals surface area contributed by atoms with Crippen molar-refractivity contribution in [2.24, 2.45) is 0 Å². The fraction of sp³-hybridized carbons (Fsp3) is 0.409. The van der Waals surface area contributed by atoms with Crippen LogP contribution in [0.4, 0.5) is 10.2 Å². The fourth-order valence-corrected chi connectivity index (χ4v) is 4.57. The molecule has 1 spiro atoms. The number of halogens is 1. The van der Waals surface area contributed by atoms with E-state index in [-0.39, 0.29) is 11.0 Å². The summed E-state index contributed by atoms with van der Waals surface area (Å²) in [5, 5.41) is 12.8. The van der Waals surface area contributed by atoms with Gasteiger partial charge in [0.1, 0.15) is 17.2 Å². The first kappa shape index (κ1) is 17.2. The lowest BCUT2D eigenvalue weighted by Gasteiger charge is -2.29. The standard InChI is InChI=1S/C22H21FN4O/c1-21(12-24)6-3-9-27(21)20(28)16-5-2-4-15(18(16)23)14-10-17-19(25-11-14)26-13-22(17)7-8-22/h2,4-5,10-11H,3,6-9,13H2,1H3,(H,25,26)/t21-/m1/s1. The van der Waals surface area contributed by atoms with Gasteiger partial charge in [-0.2, -0.15) is 5.26 Å². The lowest BCUT2D eigenvalue weighted by Crippen LogP contribution is -2.44. The summed E-state index contributed by atoms with van der Waals surface area (Å²) >= 11 is 0. The number of hydrogen-bond acceptors (Lipinski definition) is 4. The molecule has 5 rings (SSSR count). The van der Waals surface area contributed by atoms with Crippen molar-refractivity contribution in [3.63, 3.8) is 0 Å². The number of fused-ring (bicyclic) bond motifs is 2. The summed E-state index contributed by atoms with van der Waals surface area (Å²) in [7, 11) is 0. The van der Waals surface area contributed by atoms with Gasteiger partial charge >= 0.3 is 0 Å². The molecule has 0 bridgehead atoms. The summed E-state index contributed by atoms with van der Waals surface area (Å²) < 4.78 is 15.4. The smallest absolute Gasteiger partial charge is 0.258 e. The molecule has 1 saturated heterocycles. The Morgan fingerprint density at radius 2 is 2.18 bits per heavy atom. The van der Waals surface area contributed by atoms with E-state index in [0.29, 0.717) is 24.1 Å². The molecule has 3 aliphatic rings. The molecule has 1 aromatic heterocycles. The number of pyridine rings is 1. The Kier molecular flexibility index (Phi) is 3.54. The first-order chi connectivity index (χ1) is 13.5. The quantitative estimate of drug-likeness (QED) is 0.864. The number of nitriles is 1. The zero-order chi connectivity index (χ0) is 19.5. The van der Waals surface area contributed by atoms with E-state index in [1.807, 2.05) is 6.07 Å². The predicted octanol–water partition coefficient (Wildman–Crippen LogP) is 3.86. The van der Waals surface area contributed by atoms with E-state index in [4.69, 9.17) is 0 Å². The Labute approximate surface area is 163 Å². The van der Waals surface area contributed by atoms with Gasteiger partial charge in [-0.15, -0.1) is 0 Å². The van der Waals surface area contributed by atoms with Gasteiger partial charge in [0.05, 0.1) is 11.6 Å². The number of hydrogen-bond donors (Lipinski definition) is 1. The molecule has 0 unspecified atom stereocenters. The van der Waals surface area contributed by atoms with Crippen LogP contribution in [0.2, 0.25) is 0 Å². The topological polar surface area (TPSA) is 69.0 Å². The van der Waals surface area contributed by atoms with Crippen LogP contribution in [-0.2, 0) is 5.41 Å². The van der Waals surface area contributed by atoms with Crippen molar-refractivity contribution in [1.82, 2.24) is 9.88 Å². The average Bonchev–Trinajstić information content (AvgIpc) is 3.27. The van der Waals surface area contributed by atoms with Crippen molar-refractivity contribution in [3.8, 4) is 17.2 Å². The van der Waals surface area contributed by atoms with Crippen molar-refractivity contribution in [1.29, 1.82) is 5.26 Å². The second kappa shape index (κ2) is 5.78. The van der Waals surface area contributed by atoms with Gasteiger partial charge in [-0.1, -0.05) is 12.1 Å². The van der Waals surface area contributed by atoms with Crippen molar-refractivity contribution < 1.29 is 9.18 Å². The van der Waals surface area contributed by atoms with Gasteiger partial charge in [0.25, 0.3) is 5.91 Å². The third-order valence-electron chi connectivity index (χ3n) is 6.57. The summed E-state index contributed by atoms with van der Waals surface area (Å²) in [5.74, 6) is -0.0802. The van der Waals surface area contributed by atoms with Crippen molar-refractivity contribution >= 4 is 11.7 Å². The van der Waals surface area contributed by atoms with Gasteiger partial charge < -0.3 is 10.2 Å². The van der Waals surface area contributed by atoms with Crippen LogP contribution in [0.25, 0.3) is 11.1 Å². The molecule has 3 heterocycles. The SMILES string of the molecule is C[C@]1(C#N)CCCN1C(=O)c1cccc(-c2cnc3c(c2)C2(CC2)CN3)c1F. The maximum atomic E-state index is 15.4. The second-order valence-corrected chi connectivity index (χ2v) is 8.37. The molecule has 0 radical (unpaired) electrons. The van der Waals surface area contributed by atoms with Crippen LogP contribution in [0, 0.1) is 17.1 Å². The summed E-state index contributed by atoms with van der Waals surface area (Å²) in [6.45, 7) is 3.11. The number of anilines is 1. The second-order valence-electron chi connectivity index (χ2n) is 8.37. The van der Waals surface area contributed by atoms with Crippen LogP contribution >= 0.6 is 0 Å². The number of nitrogens with zero attached hydrogens (tertiary/aromatic N) is 3. The number of rotatable bonds is 2. The number of likely N-dealkylation sites (tertiary alicyclic amines) is 1. The van der Waals surface area contributed by atoms with E-state index in [9.17, 15) is 10.1 Å². The first-order valence-corrected chi connectivity index (χ1v) is 9.74. The molecular formula is C22H21FN4O. The van der Waals surface area contributed by atoms with Gasteiger partial charge in [0, 0.05) is 41.4 Å². The lowest BCUT2D eigenvalue weighted by atomic mass is 9.95. The number of benzene rings is 1. The number of carbonyl (C=O) groups is 1. The molecule has 1 N–H and O–H groups in total. The molecule has 142 valence electrons. The molecule has 1 aromatic carbocycles. The van der Waals surface area contributed by atoms with Gasteiger partial charge in [-0.25, -0.2) is 9.37 Å². The van der Waals surface area contributed by atoms with Gasteiger partial charge in [-0.3, -0.25) is 4.79 Å². The molecule has 6 heteroatoms. The average molecular weight is 376 g/mol. The molecular weight excluding hydrogens is 355 g/mol. The van der Waals surface area contributed by atoms with E-state index in [0.717, 1.165) is 37.2 Å². The number of aromatic nitrogens is 1. The van der Waals surface area contributed by atoms with Crippen LogP contribution in [0.3, 0.4) is 0 Å². The summed E-state index contributed by atoms with van der Waals surface area (Å²) in [5.41, 5.74) is 1.51. The minimum absolute atomic E-state index is 0.0145. The van der Waals surface area contributed by atoms with E-state index >= 15 is 4.39 Å². The lowest BCUT2D eigenvalue weighted by molar-refractivity contribution is 0.0688. The van der Waals surface area contributed by atoms with Gasteiger partial charge in [-0.05, 0) is 44.7 Å². The highest BCUT2D eigenvalue weighted by Crippen LogP contribution is 2.54. The zero-order valence-electron chi connectivity index (χ0n) is 15.8. The van der Waals surface area contributed by atoms with Gasteiger partial charge in [0.2, 0.25) is 0 Å². The van der Waals surface area contributed by atoms with Crippen LogP contribution in [0.15, 0.2) is 30.5 Å². The normalized spacial score (nSPS) is 24.0. The Hall–Kier alpha value is -2.94. The Balaban J connectivity index is 1.54. The summed E-state index contributed by atoms with van der Waals surface area (Å²) in [6, 6.07) is 9.11. The summed E-state index contributed by atoms with van der Waals surface area (Å²) in [6.07, 6.45) is 5.28. The molecule has 1 aliphatic carbocycles.